The monoisotopic (exact) mass is 453 g/mol. The van der Waals surface area contributed by atoms with Crippen molar-refractivity contribution in [3.8, 4) is 5.69 Å². The fraction of sp³-hybridized carbons (Fsp3) is 0.542. The molecule has 1 aliphatic heterocycles. The first-order valence-electron chi connectivity index (χ1n) is 11.8. The number of carbonyl (C=O) groups excluding carboxylic acids is 1. The third-order valence-corrected chi connectivity index (χ3v) is 6.73. The van der Waals surface area contributed by atoms with Gasteiger partial charge in [0.15, 0.2) is 5.69 Å². The van der Waals surface area contributed by atoms with Crippen molar-refractivity contribution in [2.24, 2.45) is 5.92 Å². The fourth-order valence-electron chi connectivity index (χ4n) is 4.98. The average Bonchev–Trinajstić information content (AvgIpc) is 3.05. The number of carbonyl (C=O) groups is 1. The van der Waals surface area contributed by atoms with Gasteiger partial charge in [-0.25, -0.2) is 4.68 Å². The number of aromatic nitrogens is 2. The van der Waals surface area contributed by atoms with E-state index in [9.17, 15) is 19.7 Å². The molecule has 1 aromatic heterocycles. The molecule has 1 amide bonds. The molecule has 9 heteroatoms. The van der Waals surface area contributed by atoms with E-state index >= 15 is 0 Å². The van der Waals surface area contributed by atoms with Crippen LogP contribution in [0.1, 0.15) is 54.7 Å². The van der Waals surface area contributed by atoms with Crippen LogP contribution in [0.3, 0.4) is 0 Å². The van der Waals surface area contributed by atoms with E-state index in [0.717, 1.165) is 32.0 Å². The number of hydrogen-bond donors (Lipinski definition) is 0. The third-order valence-electron chi connectivity index (χ3n) is 6.73. The second-order valence-corrected chi connectivity index (χ2v) is 9.11. The lowest BCUT2D eigenvalue weighted by Crippen LogP contribution is -2.39. The average molecular weight is 454 g/mol. The SMILES string of the molecule is Cc1cc(=O)c(C(=O)N2CCCN(CC3CCCCC3)CC2)nn1-c1ccccc1[N+](=O)[O-]. The quantitative estimate of drug-likeness (QED) is 0.509. The molecule has 0 N–H and O–H groups in total. The fourth-order valence-corrected chi connectivity index (χ4v) is 4.98. The molecule has 1 aromatic carbocycles. The zero-order chi connectivity index (χ0) is 23.4. The van der Waals surface area contributed by atoms with E-state index in [4.69, 9.17) is 0 Å². The number of benzene rings is 1. The number of nitrogens with zero attached hydrogens (tertiary/aromatic N) is 5. The lowest BCUT2D eigenvalue weighted by atomic mass is 9.89. The van der Waals surface area contributed by atoms with Crippen LogP contribution in [-0.4, -0.2) is 63.1 Å². The molecule has 2 aliphatic rings. The van der Waals surface area contributed by atoms with Crippen LogP contribution in [0.4, 0.5) is 5.69 Å². The van der Waals surface area contributed by atoms with Crippen LogP contribution >= 0.6 is 0 Å². The van der Waals surface area contributed by atoms with Crippen LogP contribution < -0.4 is 5.43 Å². The zero-order valence-electron chi connectivity index (χ0n) is 19.1. The molecule has 4 rings (SSSR count). The molecule has 0 radical (unpaired) electrons. The predicted molar refractivity (Wildman–Crippen MR) is 125 cm³/mol. The summed E-state index contributed by atoms with van der Waals surface area (Å²) in [6.45, 7) is 5.57. The van der Waals surface area contributed by atoms with Crippen LogP contribution in [0, 0.1) is 23.0 Å². The number of para-hydroxylation sites is 2. The zero-order valence-corrected chi connectivity index (χ0v) is 19.1. The summed E-state index contributed by atoms with van der Waals surface area (Å²) in [5, 5.41) is 15.8. The maximum Gasteiger partial charge on any atom is 0.294 e. The summed E-state index contributed by atoms with van der Waals surface area (Å²) in [7, 11) is 0. The van der Waals surface area contributed by atoms with E-state index in [1.54, 1.807) is 30.0 Å². The summed E-state index contributed by atoms with van der Waals surface area (Å²) in [5.74, 6) is 0.334. The molecular weight excluding hydrogens is 422 g/mol. The predicted octanol–water partition coefficient (Wildman–Crippen LogP) is 3.18. The van der Waals surface area contributed by atoms with Crippen molar-refractivity contribution >= 4 is 11.6 Å². The highest BCUT2D eigenvalue weighted by Gasteiger charge is 2.26. The molecule has 0 spiro atoms. The Hall–Kier alpha value is -3.07. The van der Waals surface area contributed by atoms with Crippen LogP contribution in [0.25, 0.3) is 5.69 Å². The van der Waals surface area contributed by atoms with Gasteiger partial charge in [-0.1, -0.05) is 31.4 Å². The minimum atomic E-state index is -0.494. The number of aryl methyl sites for hydroxylation is 1. The molecule has 1 aliphatic carbocycles. The number of hydrogen-bond acceptors (Lipinski definition) is 6. The largest absolute Gasteiger partial charge is 0.336 e. The highest BCUT2D eigenvalue weighted by Crippen LogP contribution is 2.25. The van der Waals surface area contributed by atoms with Crippen molar-refractivity contribution in [2.75, 3.05) is 32.7 Å². The number of amides is 1. The van der Waals surface area contributed by atoms with Gasteiger partial charge in [0.05, 0.1) is 4.92 Å². The molecule has 0 atom stereocenters. The van der Waals surface area contributed by atoms with Crippen molar-refractivity contribution in [3.63, 3.8) is 0 Å². The maximum atomic E-state index is 13.3. The van der Waals surface area contributed by atoms with Crippen LogP contribution in [-0.2, 0) is 0 Å². The molecule has 176 valence electrons. The van der Waals surface area contributed by atoms with Gasteiger partial charge in [-0.2, -0.15) is 5.10 Å². The highest BCUT2D eigenvalue weighted by atomic mass is 16.6. The van der Waals surface area contributed by atoms with Gasteiger partial charge < -0.3 is 9.80 Å². The summed E-state index contributed by atoms with van der Waals surface area (Å²) < 4.78 is 1.32. The third kappa shape index (κ3) is 5.30. The summed E-state index contributed by atoms with van der Waals surface area (Å²) in [6, 6.07) is 7.50. The van der Waals surface area contributed by atoms with Crippen molar-refractivity contribution in [2.45, 2.75) is 45.4 Å². The van der Waals surface area contributed by atoms with E-state index < -0.39 is 16.3 Å². The molecular formula is C24H31N5O4. The van der Waals surface area contributed by atoms with Gasteiger partial charge >= 0.3 is 0 Å². The normalized spacial score (nSPS) is 18.2. The molecule has 0 bridgehead atoms. The molecule has 0 unspecified atom stereocenters. The van der Waals surface area contributed by atoms with E-state index in [-0.39, 0.29) is 17.1 Å². The highest BCUT2D eigenvalue weighted by molar-refractivity contribution is 5.92. The van der Waals surface area contributed by atoms with Crippen molar-refractivity contribution in [3.05, 3.63) is 62.1 Å². The molecule has 1 saturated heterocycles. The standard InChI is InChI=1S/C24H31N5O4/c1-18-16-22(30)23(25-28(18)20-10-5-6-11-21(20)29(32)33)24(31)27-13-7-12-26(14-15-27)17-19-8-3-2-4-9-19/h5-6,10-11,16,19H,2-4,7-9,12-15,17H2,1H3. The first-order chi connectivity index (χ1) is 15.9. The summed E-state index contributed by atoms with van der Waals surface area (Å²) in [6.07, 6.45) is 7.39. The lowest BCUT2D eigenvalue weighted by molar-refractivity contribution is -0.384. The Morgan fingerprint density at radius 3 is 2.61 bits per heavy atom. The Kier molecular flexibility index (Phi) is 7.17. The first kappa shape index (κ1) is 23.1. The van der Waals surface area contributed by atoms with Crippen LogP contribution in [0.15, 0.2) is 35.1 Å². The second kappa shape index (κ2) is 10.2. The first-order valence-corrected chi connectivity index (χ1v) is 11.8. The maximum absolute atomic E-state index is 13.3. The minimum Gasteiger partial charge on any atom is -0.336 e. The number of nitro benzene ring substituents is 1. The smallest absolute Gasteiger partial charge is 0.294 e. The molecule has 2 heterocycles. The van der Waals surface area contributed by atoms with Crippen molar-refractivity contribution in [1.82, 2.24) is 19.6 Å². The minimum absolute atomic E-state index is 0.136. The van der Waals surface area contributed by atoms with E-state index in [1.807, 2.05) is 0 Å². The van der Waals surface area contributed by atoms with Crippen LogP contribution in [0.2, 0.25) is 0 Å². The van der Waals surface area contributed by atoms with E-state index in [0.29, 0.717) is 18.8 Å². The van der Waals surface area contributed by atoms with Crippen molar-refractivity contribution in [1.29, 1.82) is 0 Å². The number of rotatable bonds is 5. The van der Waals surface area contributed by atoms with Gasteiger partial charge in [0.2, 0.25) is 5.43 Å². The Morgan fingerprint density at radius 1 is 1.09 bits per heavy atom. The Morgan fingerprint density at radius 2 is 1.85 bits per heavy atom. The Labute approximate surface area is 193 Å². The summed E-state index contributed by atoms with van der Waals surface area (Å²) in [5.41, 5.74) is -0.137. The summed E-state index contributed by atoms with van der Waals surface area (Å²) in [4.78, 5) is 41.1. The molecule has 1 saturated carbocycles. The summed E-state index contributed by atoms with van der Waals surface area (Å²) >= 11 is 0. The van der Waals surface area contributed by atoms with Gasteiger partial charge in [0.1, 0.15) is 5.69 Å². The van der Waals surface area contributed by atoms with Gasteiger partial charge in [-0.15, -0.1) is 0 Å². The Balaban J connectivity index is 1.53. The molecule has 33 heavy (non-hydrogen) atoms. The van der Waals surface area contributed by atoms with E-state index in [1.165, 1.54) is 48.9 Å². The van der Waals surface area contributed by atoms with Crippen molar-refractivity contribution < 1.29 is 9.72 Å². The van der Waals surface area contributed by atoms with E-state index in [2.05, 4.69) is 10.00 Å². The molecule has 2 fully saturated rings. The number of nitro groups is 1. The lowest BCUT2D eigenvalue weighted by Gasteiger charge is -2.28. The van der Waals surface area contributed by atoms with Gasteiger partial charge in [0.25, 0.3) is 11.6 Å². The molecule has 2 aromatic rings. The van der Waals surface area contributed by atoms with Gasteiger partial charge in [-0.05, 0) is 44.7 Å². The second-order valence-electron chi connectivity index (χ2n) is 9.11. The molecule has 9 nitrogen and oxygen atoms in total. The van der Waals surface area contributed by atoms with Gasteiger partial charge in [0, 0.05) is 44.0 Å². The topological polar surface area (TPSA) is 102 Å². The van der Waals surface area contributed by atoms with Crippen LogP contribution in [0.5, 0.6) is 0 Å². The Bertz CT molecular complexity index is 1080. The van der Waals surface area contributed by atoms with Gasteiger partial charge in [-0.3, -0.25) is 19.7 Å².